The van der Waals surface area contributed by atoms with Gasteiger partial charge in [0.25, 0.3) is 0 Å². The van der Waals surface area contributed by atoms with Gasteiger partial charge >= 0.3 is 5.97 Å². The molecule has 1 aliphatic heterocycles. The van der Waals surface area contributed by atoms with Crippen LogP contribution in [-0.2, 0) is 4.74 Å². The highest BCUT2D eigenvalue weighted by molar-refractivity contribution is 5.87. The number of hydrogen-bond donors (Lipinski definition) is 1. The number of aromatic nitrogens is 1. The van der Waals surface area contributed by atoms with Gasteiger partial charge in [-0.15, -0.1) is 0 Å². The Bertz CT molecular complexity index is 525. The maximum absolute atomic E-state index is 13.9. The average molecular weight is 280 g/mol. The molecule has 2 fully saturated rings. The van der Waals surface area contributed by atoms with E-state index < -0.39 is 11.8 Å². The van der Waals surface area contributed by atoms with Gasteiger partial charge in [-0.05, 0) is 30.7 Å². The van der Waals surface area contributed by atoms with E-state index in [1.807, 2.05) is 11.8 Å². The summed E-state index contributed by atoms with van der Waals surface area (Å²) in [6.07, 6.45) is 1.21. The maximum Gasteiger partial charge on any atom is 0.337 e. The Hall–Kier alpha value is -1.69. The van der Waals surface area contributed by atoms with Crippen LogP contribution in [0.1, 0.15) is 17.3 Å². The summed E-state index contributed by atoms with van der Waals surface area (Å²) in [5.74, 6) is 0.241. The van der Waals surface area contributed by atoms with Gasteiger partial charge in [-0.2, -0.15) is 0 Å². The van der Waals surface area contributed by atoms with Gasteiger partial charge in [0.2, 0.25) is 0 Å². The molecule has 1 aliphatic carbocycles. The molecule has 1 aromatic heterocycles. The molecule has 5 nitrogen and oxygen atoms in total. The topological polar surface area (TPSA) is 62.7 Å². The molecule has 2 heterocycles. The molecule has 0 radical (unpaired) electrons. The Balaban J connectivity index is 1.64. The van der Waals surface area contributed by atoms with Crippen LogP contribution in [0.15, 0.2) is 12.3 Å². The first-order chi connectivity index (χ1) is 9.61. The summed E-state index contributed by atoms with van der Waals surface area (Å²) in [7, 11) is 0. The number of ether oxygens (including phenoxy) is 1. The van der Waals surface area contributed by atoms with Crippen molar-refractivity contribution in [1.29, 1.82) is 0 Å². The minimum atomic E-state index is -1.16. The van der Waals surface area contributed by atoms with Crippen LogP contribution in [0.3, 0.4) is 0 Å². The number of carboxylic acid groups (broad SMARTS) is 1. The molecular formula is C14H17FN2O3. The first-order valence-corrected chi connectivity index (χ1v) is 6.83. The molecule has 1 saturated heterocycles. The van der Waals surface area contributed by atoms with Crippen LogP contribution < -0.4 is 4.90 Å². The summed E-state index contributed by atoms with van der Waals surface area (Å²) < 4.78 is 19.3. The van der Waals surface area contributed by atoms with Crippen molar-refractivity contribution >= 4 is 11.8 Å². The molecule has 2 aliphatic rings. The zero-order valence-electron chi connectivity index (χ0n) is 11.3. The Morgan fingerprint density at radius 3 is 2.80 bits per heavy atom. The number of halogens is 1. The SMILES string of the molecule is CCOCC1[C@H]2CN(c3ncc(C(=O)O)cc3F)C[C@@H]12. The van der Waals surface area contributed by atoms with Gasteiger partial charge in [0.1, 0.15) is 0 Å². The second-order valence-electron chi connectivity index (χ2n) is 5.39. The van der Waals surface area contributed by atoms with Crippen LogP contribution in [0, 0.1) is 23.6 Å². The summed E-state index contributed by atoms with van der Waals surface area (Å²) in [5, 5.41) is 8.80. The number of pyridine rings is 1. The highest BCUT2D eigenvalue weighted by Crippen LogP contribution is 2.52. The molecule has 0 spiro atoms. The number of piperidine rings is 1. The lowest BCUT2D eigenvalue weighted by atomic mass is 10.2. The van der Waals surface area contributed by atoms with Crippen molar-refractivity contribution in [2.24, 2.45) is 17.8 Å². The van der Waals surface area contributed by atoms with E-state index >= 15 is 0 Å². The van der Waals surface area contributed by atoms with Crippen LogP contribution in [0.25, 0.3) is 0 Å². The highest BCUT2D eigenvalue weighted by Gasteiger charge is 2.56. The molecule has 6 heteroatoms. The summed E-state index contributed by atoms with van der Waals surface area (Å²) in [6.45, 7) is 5.05. The first-order valence-electron chi connectivity index (χ1n) is 6.83. The molecule has 1 aromatic rings. The number of carbonyl (C=O) groups is 1. The fourth-order valence-corrected chi connectivity index (χ4v) is 3.10. The van der Waals surface area contributed by atoms with Gasteiger partial charge < -0.3 is 14.7 Å². The number of rotatable bonds is 5. The second-order valence-corrected chi connectivity index (χ2v) is 5.39. The smallest absolute Gasteiger partial charge is 0.337 e. The molecular weight excluding hydrogens is 263 g/mol. The van der Waals surface area contributed by atoms with Crippen LogP contribution in [0.4, 0.5) is 10.2 Å². The molecule has 3 rings (SSSR count). The molecule has 1 N–H and O–H groups in total. The van der Waals surface area contributed by atoms with E-state index in [9.17, 15) is 9.18 Å². The van der Waals surface area contributed by atoms with Crippen molar-refractivity contribution in [2.75, 3.05) is 31.2 Å². The van der Waals surface area contributed by atoms with Crippen LogP contribution >= 0.6 is 0 Å². The van der Waals surface area contributed by atoms with E-state index in [0.29, 0.717) is 17.8 Å². The molecule has 1 saturated carbocycles. The monoisotopic (exact) mass is 280 g/mol. The molecule has 108 valence electrons. The summed E-state index contributed by atoms with van der Waals surface area (Å²) in [6, 6.07) is 1.03. The molecule has 0 amide bonds. The predicted molar refractivity (Wildman–Crippen MR) is 70.3 cm³/mol. The Kier molecular flexibility index (Phi) is 3.33. The van der Waals surface area contributed by atoms with E-state index in [0.717, 1.165) is 32.4 Å². The summed E-state index contributed by atoms with van der Waals surface area (Å²) in [5.41, 5.74) is -0.121. The number of carboxylic acids is 1. The van der Waals surface area contributed by atoms with Gasteiger partial charge in [-0.1, -0.05) is 0 Å². The fourth-order valence-electron chi connectivity index (χ4n) is 3.10. The fraction of sp³-hybridized carbons (Fsp3) is 0.571. The van der Waals surface area contributed by atoms with Crippen LogP contribution in [-0.4, -0.2) is 42.4 Å². The third-order valence-electron chi connectivity index (χ3n) is 4.25. The number of anilines is 1. The van der Waals surface area contributed by atoms with Crippen molar-refractivity contribution in [3.8, 4) is 0 Å². The van der Waals surface area contributed by atoms with Gasteiger partial charge in [0.05, 0.1) is 12.2 Å². The minimum Gasteiger partial charge on any atom is -0.478 e. The molecule has 0 aromatic carbocycles. The number of hydrogen-bond acceptors (Lipinski definition) is 4. The van der Waals surface area contributed by atoms with Crippen LogP contribution in [0.2, 0.25) is 0 Å². The van der Waals surface area contributed by atoms with E-state index in [1.165, 1.54) is 6.20 Å². The van der Waals surface area contributed by atoms with Crippen molar-refractivity contribution in [3.63, 3.8) is 0 Å². The van der Waals surface area contributed by atoms with Crippen molar-refractivity contribution in [2.45, 2.75) is 6.92 Å². The zero-order valence-corrected chi connectivity index (χ0v) is 11.3. The average Bonchev–Trinajstić information content (AvgIpc) is 2.87. The molecule has 3 atom stereocenters. The third kappa shape index (κ3) is 2.24. The molecule has 0 bridgehead atoms. The Morgan fingerprint density at radius 2 is 2.25 bits per heavy atom. The maximum atomic E-state index is 13.9. The van der Waals surface area contributed by atoms with Crippen molar-refractivity contribution < 1.29 is 19.0 Å². The van der Waals surface area contributed by atoms with E-state index in [-0.39, 0.29) is 11.4 Å². The molecule has 1 unspecified atom stereocenters. The van der Waals surface area contributed by atoms with E-state index in [1.54, 1.807) is 0 Å². The second kappa shape index (κ2) is 5.01. The van der Waals surface area contributed by atoms with E-state index in [4.69, 9.17) is 9.84 Å². The predicted octanol–water partition coefficient (Wildman–Crippen LogP) is 1.64. The normalized spacial score (nSPS) is 27.5. The Morgan fingerprint density at radius 1 is 1.55 bits per heavy atom. The lowest BCUT2D eigenvalue weighted by Crippen LogP contribution is -2.27. The van der Waals surface area contributed by atoms with Gasteiger partial charge in [-0.3, -0.25) is 0 Å². The third-order valence-corrected chi connectivity index (χ3v) is 4.25. The number of fused-ring (bicyclic) bond motifs is 1. The highest BCUT2D eigenvalue weighted by atomic mass is 19.1. The van der Waals surface area contributed by atoms with Crippen molar-refractivity contribution in [3.05, 3.63) is 23.6 Å². The molecule has 20 heavy (non-hydrogen) atoms. The van der Waals surface area contributed by atoms with E-state index in [2.05, 4.69) is 4.98 Å². The van der Waals surface area contributed by atoms with Crippen molar-refractivity contribution in [1.82, 2.24) is 4.98 Å². The van der Waals surface area contributed by atoms with Crippen LogP contribution in [0.5, 0.6) is 0 Å². The number of nitrogens with zero attached hydrogens (tertiary/aromatic N) is 2. The van der Waals surface area contributed by atoms with Gasteiger partial charge in [0.15, 0.2) is 11.6 Å². The number of aromatic carboxylic acids is 1. The first kappa shape index (κ1) is 13.3. The minimum absolute atomic E-state index is 0.121. The lowest BCUT2D eigenvalue weighted by molar-refractivity contribution is 0.0696. The summed E-state index contributed by atoms with van der Waals surface area (Å²) in [4.78, 5) is 16.6. The largest absolute Gasteiger partial charge is 0.478 e. The lowest BCUT2D eigenvalue weighted by Gasteiger charge is -2.21. The quantitative estimate of drug-likeness (QED) is 0.888. The standard InChI is InChI=1S/C14H17FN2O3/c1-2-20-7-11-9-5-17(6-10(9)11)13-12(15)3-8(4-16-13)14(18)19/h3-4,9-11H,2,5-7H2,1H3,(H,18,19)/t9-,10+,11?. The Labute approximate surface area is 116 Å². The summed E-state index contributed by atoms with van der Waals surface area (Å²) >= 11 is 0. The van der Waals surface area contributed by atoms with Gasteiger partial charge in [0, 0.05) is 25.9 Å². The van der Waals surface area contributed by atoms with Gasteiger partial charge in [-0.25, -0.2) is 14.2 Å². The zero-order chi connectivity index (χ0) is 14.3.